The molecule has 0 rings (SSSR count). The highest BCUT2D eigenvalue weighted by atomic mass is 16.5. The molecule has 110 valence electrons. The lowest BCUT2D eigenvalue weighted by Gasteiger charge is -2.15. The average Bonchev–Trinajstić information content (AvgIpc) is 2.40. The first-order chi connectivity index (χ1) is 8.99. The van der Waals surface area contributed by atoms with Crippen LogP contribution in [0.1, 0.15) is 52.9 Å². The minimum Gasteiger partial charge on any atom is -0.466 e. The van der Waals surface area contributed by atoms with Crippen molar-refractivity contribution in [2.45, 2.75) is 52.9 Å². The van der Waals surface area contributed by atoms with Crippen LogP contribution in [0.2, 0.25) is 0 Å². The second-order valence-corrected chi connectivity index (χ2v) is 4.84. The molecule has 0 aliphatic carbocycles. The third-order valence-electron chi connectivity index (χ3n) is 3.02. The molecular formula is C15H26O4. The minimum atomic E-state index is -0.439. The van der Waals surface area contributed by atoms with Crippen molar-refractivity contribution >= 4 is 11.9 Å². The number of rotatable bonds is 8. The van der Waals surface area contributed by atoms with Crippen molar-refractivity contribution in [3.63, 3.8) is 0 Å². The Kier molecular flexibility index (Phi) is 8.92. The van der Waals surface area contributed by atoms with Crippen LogP contribution in [-0.4, -0.2) is 26.2 Å². The lowest BCUT2D eigenvalue weighted by atomic mass is 9.93. The molecule has 0 fully saturated rings. The second kappa shape index (κ2) is 9.59. The summed E-state index contributed by atoms with van der Waals surface area (Å²) >= 11 is 0. The van der Waals surface area contributed by atoms with Gasteiger partial charge in [0, 0.05) is 5.57 Å². The quantitative estimate of drug-likeness (QED) is 0.386. The zero-order valence-corrected chi connectivity index (χ0v) is 12.7. The summed E-state index contributed by atoms with van der Waals surface area (Å²) in [6.07, 6.45) is 4.75. The van der Waals surface area contributed by atoms with Gasteiger partial charge in [-0.1, -0.05) is 40.0 Å². The summed E-state index contributed by atoms with van der Waals surface area (Å²) in [7, 11) is 2.67. The van der Waals surface area contributed by atoms with E-state index in [1.165, 1.54) is 14.2 Å². The Hall–Kier alpha value is -1.32. The van der Waals surface area contributed by atoms with Crippen molar-refractivity contribution in [3.8, 4) is 0 Å². The van der Waals surface area contributed by atoms with Crippen molar-refractivity contribution in [1.29, 1.82) is 0 Å². The van der Waals surface area contributed by atoms with Crippen LogP contribution in [0.3, 0.4) is 0 Å². The maximum Gasteiger partial charge on any atom is 0.334 e. The molecular weight excluding hydrogens is 244 g/mol. The van der Waals surface area contributed by atoms with E-state index in [2.05, 4.69) is 6.92 Å². The molecule has 0 saturated carbocycles. The van der Waals surface area contributed by atoms with E-state index in [4.69, 9.17) is 9.47 Å². The molecule has 0 aromatic carbocycles. The van der Waals surface area contributed by atoms with Crippen molar-refractivity contribution in [1.82, 2.24) is 0 Å². The Bertz CT molecular complexity index is 329. The van der Waals surface area contributed by atoms with Gasteiger partial charge in [0.2, 0.25) is 0 Å². The van der Waals surface area contributed by atoms with Gasteiger partial charge in [-0.15, -0.1) is 0 Å². The van der Waals surface area contributed by atoms with E-state index in [1.54, 1.807) is 0 Å². The SMILES string of the molecule is CCCCCCC(C(=O)OC)=C(C(=O)OC)C(C)C. The normalized spacial score (nSPS) is 12.1. The number of unbranched alkanes of at least 4 members (excludes halogenated alkanes) is 3. The summed E-state index contributed by atoms with van der Waals surface area (Å²) in [6, 6.07) is 0. The van der Waals surface area contributed by atoms with E-state index in [9.17, 15) is 9.59 Å². The van der Waals surface area contributed by atoms with E-state index in [-0.39, 0.29) is 5.92 Å². The molecule has 0 aliphatic rings. The van der Waals surface area contributed by atoms with Crippen LogP contribution in [0.25, 0.3) is 0 Å². The highest BCUT2D eigenvalue weighted by Gasteiger charge is 2.24. The molecule has 0 radical (unpaired) electrons. The van der Waals surface area contributed by atoms with Gasteiger partial charge in [-0.2, -0.15) is 0 Å². The van der Waals surface area contributed by atoms with Crippen LogP contribution in [0.5, 0.6) is 0 Å². The summed E-state index contributed by atoms with van der Waals surface area (Å²) in [5.41, 5.74) is 0.895. The molecule has 0 saturated heterocycles. The van der Waals surface area contributed by atoms with E-state index < -0.39 is 11.9 Å². The van der Waals surface area contributed by atoms with Crippen molar-refractivity contribution in [2.24, 2.45) is 5.92 Å². The molecule has 0 spiro atoms. The molecule has 4 heteroatoms. The van der Waals surface area contributed by atoms with E-state index in [0.717, 1.165) is 25.7 Å². The monoisotopic (exact) mass is 270 g/mol. The van der Waals surface area contributed by atoms with Gasteiger partial charge in [-0.05, 0) is 18.8 Å². The van der Waals surface area contributed by atoms with Crippen LogP contribution in [0, 0.1) is 5.92 Å². The van der Waals surface area contributed by atoms with Gasteiger partial charge in [-0.25, -0.2) is 9.59 Å². The first-order valence-electron chi connectivity index (χ1n) is 6.89. The summed E-state index contributed by atoms with van der Waals surface area (Å²) in [4.78, 5) is 23.7. The Balaban J connectivity index is 5.14. The predicted molar refractivity (Wildman–Crippen MR) is 74.7 cm³/mol. The molecule has 0 N–H and O–H groups in total. The number of methoxy groups -OCH3 is 2. The minimum absolute atomic E-state index is 0.0623. The molecule has 4 nitrogen and oxygen atoms in total. The smallest absolute Gasteiger partial charge is 0.334 e. The first-order valence-corrected chi connectivity index (χ1v) is 6.89. The number of ether oxygens (including phenoxy) is 2. The second-order valence-electron chi connectivity index (χ2n) is 4.84. The summed E-state index contributed by atoms with van der Waals surface area (Å²) in [5.74, 6) is -0.927. The van der Waals surface area contributed by atoms with Gasteiger partial charge in [0.25, 0.3) is 0 Å². The average molecular weight is 270 g/mol. The fraction of sp³-hybridized carbons (Fsp3) is 0.733. The summed E-state index contributed by atoms with van der Waals surface area (Å²) in [5, 5.41) is 0. The Morgan fingerprint density at radius 3 is 1.95 bits per heavy atom. The van der Waals surface area contributed by atoms with E-state index >= 15 is 0 Å². The van der Waals surface area contributed by atoms with Crippen LogP contribution < -0.4 is 0 Å². The van der Waals surface area contributed by atoms with Crippen LogP contribution in [-0.2, 0) is 19.1 Å². The number of esters is 2. The highest BCUT2D eigenvalue weighted by molar-refractivity contribution is 6.00. The molecule has 0 heterocycles. The molecule has 19 heavy (non-hydrogen) atoms. The summed E-state index contributed by atoms with van der Waals surface area (Å²) < 4.78 is 9.56. The van der Waals surface area contributed by atoms with Crippen LogP contribution in [0.15, 0.2) is 11.1 Å². The van der Waals surface area contributed by atoms with Gasteiger partial charge in [0.1, 0.15) is 0 Å². The Labute approximate surface area is 116 Å². The molecule has 0 unspecified atom stereocenters. The molecule has 0 aliphatic heterocycles. The lowest BCUT2D eigenvalue weighted by Crippen LogP contribution is -2.18. The van der Waals surface area contributed by atoms with Gasteiger partial charge >= 0.3 is 11.9 Å². The third-order valence-corrected chi connectivity index (χ3v) is 3.02. The Morgan fingerprint density at radius 1 is 0.947 bits per heavy atom. The number of carbonyl (C=O) groups is 2. The molecule has 0 aromatic rings. The topological polar surface area (TPSA) is 52.6 Å². The number of hydrogen-bond acceptors (Lipinski definition) is 4. The van der Waals surface area contributed by atoms with Crippen LogP contribution >= 0.6 is 0 Å². The molecule has 0 aromatic heterocycles. The van der Waals surface area contributed by atoms with Gasteiger partial charge < -0.3 is 9.47 Å². The molecule has 0 amide bonds. The van der Waals surface area contributed by atoms with Crippen molar-refractivity contribution < 1.29 is 19.1 Å². The fourth-order valence-electron chi connectivity index (χ4n) is 2.02. The maximum atomic E-state index is 11.9. The zero-order chi connectivity index (χ0) is 14.8. The Morgan fingerprint density at radius 2 is 1.53 bits per heavy atom. The summed E-state index contributed by atoms with van der Waals surface area (Å²) in [6.45, 7) is 5.88. The van der Waals surface area contributed by atoms with Crippen molar-refractivity contribution in [2.75, 3.05) is 14.2 Å². The fourth-order valence-corrected chi connectivity index (χ4v) is 2.02. The number of carbonyl (C=O) groups excluding carboxylic acids is 2. The highest BCUT2D eigenvalue weighted by Crippen LogP contribution is 2.22. The van der Waals surface area contributed by atoms with E-state index in [1.807, 2.05) is 13.8 Å². The molecule has 0 atom stereocenters. The first kappa shape index (κ1) is 17.7. The number of hydrogen-bond donors (Lipinski definition) is 0. The van der Waals surface area contributed by atoms with Gasteiger partial charge in [-0.3, -0.25) is 0 Å². The van der Waals surface area contributed by atoms with E-state index in [0.29, 0.717) is 17.6 Å². The van der Waals surface area contributed by atoms with Crippen LogP contribution in [0.4, 0.5) is 0 Å². The zero-order valence-electron chi connectivity index (χ0n) is 12.7. The third kappa shape index (κ3) is 5.90. The molecule has 0 bridgehead atoms. The van der Waals surface area contributed by atoms with Gasteiger partial charge in [0.15, 0.2) is 0 Å². The largest absolute Gasteiger partial charge is 0.466 e. The lowest BCUT2D eigenvalue weighted by molar-refractivity contribution is -0.139. The van der Waals surface area contributed by atoms with Gasteiger partial charge in [0.05, 0.1) is 19.8 Å². The maximum absolute atomic E-state index is 11.9. The standard InChI is InChI=1S/C15H26O4/c1-6-7-8-9-10-12(14(16)18-4)13(11(2)3)15(17)19-5/h11H,6-10H2,1-5H3. The predicted octanol–water partition coefficient (Wildman–Crippen LogP) is 3.26. The van der Waals surface area contributed by atoms with Crippen molar-refractivity contribution in [3.05, 3.63) is 11.1 Å².